The van der Waals surface area contributed by atoms with E-state index in [0.717, 1.165) is 5.82 Å². The first kappa shape index (κ1) is 19.1. The normalized spacial score (nSPS) is 17.5. The maximum Gasteiger partial charge on any atom is 0.277 e. The van der Waals surface area contributed by atoms with Crippen molar-refractivity contribution in [1.82, 2.24) is 14.8 Å². The van der Waals surface area contributed by atoms with Gasteiger partial charge in [0.15, 0.2) is 0 Å². The van der Waals surface area contributed by atoms with Crippen LogP contribution in [0.4, 0.5) is 10.2 Å². The molecule has 1 aromatic heterocycles. The van der Waals surface area contributed by atoms with Gasteiger partial charge in [-0.05, 0) is 36.2 Å². The predicted octanol–water partition coefficient (Wildman–Crippen LogP) is 2.53. The number of nitrogens with zero attached hydrogens (tertiary/aromatic N) is 4. The van der Waals surface area contributed by atoms with Crippen LogP contribution in [-0.2, 0) is 9.59 Å². The van der Waals surface area contributed by atoms with E-state index in [-0.39, 0.29) is 17.6 Å². The molecule has 1 saturated heterocycles. The highest BCUT2D eigenvalue weighted by Gasteiger charge is 2.41. The first-order valence-electron chi connectivity index (χ1n) is 9.87. The summed E-state index contributed by atoms with van der Waals surface area (Å²) in [6.07, 6.45) is 2.45. The molecule has 0 bridgehead atoms. The molecule has 150 valence electrons. The molecule has 4 rings (SSSR count). The highest BCUT2D eigenvalue weighted by molar-refractivity contribution is 6.35. The summed E-state index contributed by atoms with van der Waals surface area (Å²) in [5, 5.41) is 0. The average molecular weight is 394 g/mol. The van der Waals surface area contributed by atoms with E-state index in [2.05, 4.69) is 9.88 Å². The summed E-state index contributed by atoms with van der Waals surface area (Å²) in [7, 11) is 0. The van der Waals surface area contributed by atoms with E-state index in [0.29, 0.717) is 56.0 Å². The van der Waals surface area contributed by atoms with E-state index in [4.69, 9.17) is 0 Å². The Morgan fingerprint density at radius 2 is 1.62 bits per heavy atom. The first-order valence-corrected chi connectivity index (χ1v) is 9.87. The van der Waals surface area contributed by atoms with Crippen molar-refractivity contribution in [3.63, 3.8) is 0 Å². The molecule has 1 fully saturated rings. The lowest BCUT2D eigenvalue weighted by Crippen LogP contribution is -2.48. The minimum atomic E-state index is -0.373. The zero-order valence-corrected chi connectivity index (χ0v) is 16.3. The Morgan fingerprint density at radius 1 is 0.931 bits per heavy atom. The molecule has 0 saturated carbocycles. The van der Waals surface area contributed by atoms with E-state index in [1.807, 2.05) is 30.0 Å². The maximum absolute atomic E-state index is 13.4. The molecule has 2 aliphatic rings. The van der Waals surface area contributed by atoms with Crippen molar-refractivity contribution in [2.75, 3.05) is 37.6 Å². The fourth-order valence-corrected chi connectivity index (χ4v) is 3.86. The minimum Gasteiger partial charge on any atom is -0.363 e. The molecular weight excluding hydrogens is 371 g/mol. The molecule has 0 atom stereocenters. The standard InChI is InChI=1S/C22H23FN4O2/c1-2-11-27-21(28)19(16-6-8-17(23)9-7-16)20(22(27)29)26-14-12-25(13-15-26)18-5-3-4-10-24-18/h3-10H,2,11-15H2,1H3. The summed E-state index contributed by atoms with van der Waals surface area (Å²) >= 11 is 0. The fraction of sp³-hybridized carbons (Fsp3) is 0.318. The van der Waals surface area contributed by atoms with Gasteiger partial charge in [0.2, 0.25) is 0 Å². The van der Waals surface area contributed by atoms with E-state index < -0.39 is 0 Å². The quantitative estimate of drug-likeness (QED) is 0.730. The number of benzene rings is 1. The van der Waals surface area contributed by atoms with Crippen LogP contribution in [0.15, 0.2) is 54.4 Å². The van der Waals surface area contributed by atoms with Crippen LogP contribution in [-0.4, -0.2) is 59.3 Å². The maximum atomic E-state index is 13.4. The van der Waals surface area contributed by atoms with Gasteiger partial charge in [0.1, 0.15) is 17.3 Å². The van der Waals surface area contributed by atoms with Gasteiger partial charge >= 0.3 is 0 Å². The summed E-state index contributed by atoms with van der Waals surface area (Å²) in [5.41, 5.74) is 1.37. The van der Waals surface area contributed by atoms with Crippen molar-refractivity contribution < 1.29 is 14.0 Å². The smallest absolute Gasteiger partial charge is 0.277 e. The molecular formula is C22H23FN4O2. The lowest BCUT2D eigenvalue weighted by atomic mass is 10.0. The van der Waals surface area contributed by atoms with Gasteiger partial charge in [-0.15, -0.1) is 0 Å². The fourth-order valence-electron chi connectivity index (χ4n) is 3.86. The average Bonchev–Trinajstić information content (AvgIpc) is 3.00. The molecule has 2 aliphatic heterocycles. The molecule has 0 unspecified atom stereocenters. The number of pyridine rings is 1. The second kappa shape index (κ2) is 8.03. The summed E-state index contributed by atoms with van der Waals surface area (Å²) in [6, 6.07) is 11.6. The number of anilines is 1. The third-order valence-corrected chi connectivity index (χ3v) is 5.29. The van der Waals surface area contributed by atoms with Crippen molar-refractivity contribution in [3.05, 3.63) is 65.7 Å². The summed E-state index contributed by atoms with van der Waals surface area (Å²) in [5.74, 6) is -0.0311. The van der Waals surface area contributed by atoms with Gasteiger partial charge in [-0.1, -0.05) is 25.1 Å². The van der Waals surface area contributed by atoms with Gasteiger partial charge in [-0.25, -0.2) is 9.37 Å². The Balaban J connectivity index is 1.64. The van der Waals surface area contributed by atoms with Gasteiger partial charge in [0.25, 0.3) is 11.8 Å². The number of piperazine rings is 1. The summed E-state index contributed by atoms with van der Waals surface area (Å²) < 4.78 is 13.4. The molecule has 2 aromatic rings. The Kier molecular flexibility index (Phi) is 5.29. The molecule has 0 spiro atoms. The zero-order valence-electron chi connectivity index (χ0n) is 16.3. The van der Waals surface area contributed by atoms with Crippen LogP contribution in [0.25, 0.3) is 5.57 Å². The summed E-state index contributed by atoms with van der Waals surface area (Å²) in [4.78, 5) is 36.0. The largest absolute Gasteiger partial charge is 0.363 e. The molecule has 1 aromatic carbocycles. The third kappa shape index (κ3) is 3.60. The Bertz CT molecular complexity index is 935. The highest BCUT2D eigenvalue weighted by atomic mass is 19.1. The number of hydrogen-bond donors (Lipinski definition) is 0. The second-order valence-electron chi connectivity index (χ2n) is 7.15. The number of amides is 2. The number of halogens is 1. The molecule has 7 heteroatoms. The predicted molar refractivity (Wildman–Crippen MR) is 108 cm³/mol. The van der Waals surface area contributed by atoms with Crippen LogP contribution in [0, 0.1) is 5.82 Å². The molecule has 29 heavy (non-hydrogen) atoms. The van der Waals surface area contributed by atoms with Crippen molar-refractivity contribution in [2.24, 2.45) is 0 Å². The summed E-state index contributed by atoms with van der Waals surface area (Å²) in [6.45, 7) is 4.92. The van der Waals surface area contributed by atoms with Gasteiger partial charge in [-0.3, -0.25) is 14.5 Å². The first-order chi connectivity index (χ1) is 14.1. The highest BCUT2D eigenvalue weighted by Crippen LogP contribution is 2.32. The van der Waals surface area contributed by atoms with E-state index in [9.17, 15) is 14.0 Å². The topological polar surface area (TPSA) is 56.8 Å². The van der Waals surface area contributed by atoms with Gasteiger partial charge < -0.3 is 9.80 Å². The van der Waals surface area contributed by atoms with E-state index in [1.54, 1.807) is 18.3 Å². The molecule has 0 radical (unpaired) electrons. The zero-order chi connectivity index (χ0) is 20.4. The molecule has 6 nitrogen and oxygen atoms in total. The number of carbonyl (C=O) groups excluding carboxylic acids is 2. The Morgan fingerprint density at radius 3 is 2.24 bits per heavy atom. The van der Waals surface area contributed by atoms with Crippen molar-refractivity contribution >= 4 is 23.2 Å². The molecule has 0 aliphatic carbocycles. The number of rotatable bonds is 5. The number of aromatic nitrogens is 1. The lowest BCUT2D eigenvalue weighted by Gasteiger charge is -2.37. The van der Waals surface area contributed by atoms with Crippen LogP contribution >= 0.6 is 0 Å². The van der Waals surface area contributed by atoms with Crippen LogP contribution in [0.3, 0.4) is 0 Å². The molecule has 3 heterocycles. The van der Waals surface area contributed by atoms with Gasteiger partial charge in [0.05, 0.1) is 5.57 Å². The lowest BCUT2D eigenvalue weighted by molar-refractivity contribution is -0.137. The van der Waals surface area contributed by atoms with Crippen molar-refractivity contribution in [2.45, 2.75) is 13.3 Å². The van der Waals surface area contributed by atoms with Crippen LogP contribution < -0.4 is 4.90 Å². The second-order valence-corrected chi connectivity index (χ2v) is 7.15. The Labute approximate surface area is 169 Å². The molecule has 2 amide bonds. The van der Waals surface area contributed by atoms with Crippen molar-refractivity contribution in [1.29, 1.82) is 0 Å². The molecule has 0 N–H and O–H groups in total. The number of imide groups is 1. The van der Waals surface area contributed by atoms with E-state index >= 15 is 0 Å². The van der Waals surface area contributed by atoms with E-state index in [1.165, 1.54) is 17.0 Å². The monoisotopic (exact) mass is 394 g/mol. The minimum absolute atomic E-state index is 0.262. The van der Waals surface area contributed by atoms with Gasteiger partial charge in [0, 0.05) is 38.9 Å². The van der Waals surface area contributed by atoms with Crippen LogP contribution in [0.1, 0.15) is 18.9 Å². The number of hydrogen-bond acceptors (Lipinski definition) is 5. The van der Waals surface area contributed by atoms with Crippen LogP contribution in [0.2, 0.25) is 0 Å². The number of carbonyl (C=O) groups is 2. The van der Waals surface area contributed by atoms with Crippen molar-refractivity contribution in [3.8, 4) is 0 Å². The van der Waals surface area contributed by atoms with Gasteiger partial charge in [-0.2, -0.15) is 0 Å². The SMILES string of the molecule is CCCN1C(=O)C(c2ccc(F)cc2)=C(N2CCN(c3ccccn3)CC2)C1=O. The third-order valence-electron chi connectivity index (χ3n) is 5.29. The Hall–Kier alpha value is -3.22. The van der Waals surface area contributed by atoms with Crippen LogP contribution in [0.5, 0.6) is 0 Å².